The maximum absolute atomic E-state index is 13.0. The van der Waals surface area contributed by atoms with Crippen molar-refractivity contribution in [3.8, 4) is 0 Å². The van der Waals surface area contributed by atoms with E-state index in [0.29, 0.717) is 12.1 Å². The number of halogens is 4. The molecule has 0 aliphatic rings. The SMILES string of the molecule is O=C(O)c1ccc(F)c(NC(=O)C(F)(F)F)c1. The Labute approximate surface area is 91.9 Å². The molecular weight excluding hydrogens is 246 g/mol. The van der Waals surface area contributed by atoms with Gasteiger partial charge in [0.2, 0.25) is 0 Å². The predicted octanol–water partition coefficient (Wildman–Crippen LogP) is 2.02. The van der Waals surface area contributed by atoms with Crippen LogP contribution in [0.25, 0.3) is 0 Å². The van der Waals surface area contributed by atoms with Crippen LogP contribution in [0.5, 0.6) is 0 Å². The molecule has 1 amide bonds. The van der Waals surface area contributed by atoms with Crippen molar-refractivity contribution in [3.05, 3.63) is 29.6 Å². The summed E-state index contributed by atoms with van der Waals surface area (Å²) in [6.45, 7) is 0. The van der Waals surface area contributed by atoms with Crippen molar-refractivity contribution < 1.29 is 32.3 Å². The predicted molar refractivity (Wildman–Crippen MR) is 48.0 cm³/mol. The quantitative estimate of drug-likeness (QED) is 0.790. The molecule has 17 heavy (non-hydrogen) atoms. The minimum Gasteiger partial charge on any atom is -0.478 e. The van der Waals surface area contributed by atoms with Gasteiger partial charge in [-0.05, 0) is 18.2 Å². The highest BCUT2D eigenvalue weighted by Gasteiger charge is 2.39. The Kier molecular flexibility index (Phi) is 3.35. The minimum atomic E-state index is -5.17. The van der Waals surface area contributed by atoms with E-state index in [2.05, 4.69) is 0 Å². The van der Waals surface area contributed by atoms with Gasteiger partial charge in [0, 0.05) is 0 Å². The van der Waals surface area contributed by atoms with E-state index in [4.69, 9.17) is 5.11 Å². The normalized spacial score (nSPS) is 11.1. The topological polar surface area (TPSA) is 66.4 Å². The van der Waals surface area contributed by atoms with Crippen LogP contribution in [0.4, 0.5) is 23.2 Å². The smallest absolute Gasteiger partial charge is 0.471 e. The Hall–Kier alpha value is -2.12. The zero-order valence-corrected chi connectivity index (χ0v) is 8.01. The van der Waals surface area contributed by atoms with Gasteiger partial charge in [-0.15, -0.1) is 0 Å². The van der Waals surface area contributed by atoms with Gasteiger partial charge in [0.15, 0.2) is 0 Å². The second-order valence-electron chi connectivity index (χ2n) is 2.95. The molecule has 0 bridgehead atoms. The average molecular weight is 251 g/mol. The molecular formula is C9H5F4NO3. The molecule has 0 fully saturated rings. The second kappa shape index (κ2) is 4.40. The summed E-state index contributed by atoms with van der Waals surface area (Å²) < 4.78 is 48.6. The summed E-state index contributed by atoms with van der Waals surface area (Å²) in [5.74, 6) is -4.99. The lowest BCUT2D eigenvalue weighted by atomic mass is 10.2. The molecule has 1 aromatic rings. The molecule has 8 heteroatoms. The molecule has 0 aliphatic carbocycles. The molecule has 2 N–H and O–H groups in total. The van der Waals surface area contributed by atoms with Crippen molar-refractivity contribution in [2.24, 2.45) is 0 Å². The van der Waals surface area contributed by atoms with Crippen molar-refractivity contribution in [2.75, 3.05) is 5.32 Å². The number of carboxylic acid groups (broad SMARTS) is 1. The summed E-state index contributed by atoms with van der Waals surface area (Å²) in [7, 11) is 0. The summed E-state index contributed by atoms with van der Waals surface area (Å²) >= 11 is 0. The third-order valence-electron chi connectivity index (χ3n) is 1.72. The van der Waals surface area contributed by atoms with Gasteiger partial charge in [0.25, 0.3) is 0 Å². The average Bonchev–Trinajstić information content (AvgIpc) is 2.19. The molecule has 0 aliphatic heterocycles. The lowest BCUT2D eigenvalue weighted by Gasteiger charge is -2.09. The Balaban J connectivity index is 3.02. The van der Waals surface area contributed by atoms with Gasteiger partial charge in [-0.1, -0.05) is 0 Å². The molecule has 0 heterocycles. The van der Waals surface area contributed by atoms with E-state index in [9.17, 15) is 27.2 Å². The summed E-state index contributed by atoms with van der Waals surface area (Å²) in [5, 5.41) is 9.78. The van der Waals surface area contributed by atoms with Crippen LogP contribution >= 0.6 is 0 Å². The molecule has 0 spiro atoms. The Morgan fingerprint density at radius 2 is 1.82 bits per heavy atom. The van der Waals surface area contributed by atoms with E-state index < -0.39 is 35.1 Å². The van der Waals surface area contributed by atoms with Gasteiger partial charge in [-0.2, -0.15) is 13.2 Å². The summed E-state index contributed by atoms with van der Waals surface area (Å²) in [6, 6.07) is 2.11. The second-order valence-corrected chi connectivity index (χ2v) is 2.95. The van der Waals surface area contributed by atoms with Gasteiger partial charge in [-0.25, -0.2) is 9.18 Å². The van der Waals surface area contributed by atoms with E-state index in [1.165, 1.54) is 5.32 Å². The number of carbonyl (C=O) groups excluding carboxylic acids is 1. The zero-order valence-electron chi connectivity index (χ0n) is 8.01. The number of carbonyl (C=O) groups is 2. The third-order valence-corrected chi connectivity index (χ3v) is 1.72. The highest BCUT2D eigenvalue weighted by atomic mass is 19.4. The maximum atomic E-state index is 13.0. The maximum Gasteiger partial charge on any atom is 0.471 e. The van der Waals surface area contributed by atoms with Crippen molar-refractivity contribution >= 4 is 17.6 Å². The fraction of sp³-hybridized carbons (Fsp3) is 0.111. The number of hydrogen-bond acceptors (Lipinski definition) is 2. The van der Waals surface area contributed by atoms with Crippen molar-refractivity contribution in [1.82, 2.24) is 0 Å². The molecule has 92 valence electrons. The molecule has 1 rings (SSSR count). The van der Waals surface area contributed by atoms with Crippen LogP contribution in [0.2, 0.25) is 0 Å². The van der Waals surface area contributed by atoms with Crippen LogP contribution in [-0.4, -0.2) is 23.2 Å². The van der Waals surface area contributed by atoms with Crippen molar-refractivity contribution in [2.45, 2.75) is 6.18 Å². The van der Waals surface area contributed by atoms with E-state index >= 15 is 0 Å². The van der Waals surface area contributed by atoms with E-state index in [1.54, 1.807) is 0 Å². The van der Waals surface area contributed by atoms with Crippen LogP contribution in [0.1, 0.15) is 10.4 Å². The minimum absolute atomic E-state index is 0.441. The van der Waals surface area contributed by atoms with Crippen LogP contribution in [0.3, 0.4) is 0 Å². The molecule has 0 radical (unpaired) electrons. The van der Waals surface area contributed by atoms with Crippen LogP contribution in [0, 0.1) is 5.82 Å². The summed E-state index contributed by atoms with van der Waals surface area (Å²) in [4.78, 5) is 21.0. The van der Waals surface area contributed by atoms with Gasteiger partial charge in [0.1, 0.15) is 5.82 Å². The fourth-order valence-electron chi connectivity index (χ4n) is 0.947. The molecule has 0 saturated carbocycles. The first-order valence-corrected chi connectivity index (χ1v) is 4.13. The molecule has 0 unspecified atom stereocenters. The lowest BCUT2D eigenvalue weighted by Crippen LogP contribution is -2.30. The first-order valence-electron chi connectivity index (χ1n) is 4.13. The highest BCUT2D eigenvalue weighted by Crippen LogP contribution is 2.21. The number of carboxylic acids is 1. The third kappa shape index (κ3) is 3.16. The van der Waals surface area contributed by atoms with Crippen molar-refractivity contribution in [1.29, 1.82) is 0 Å². The zero-order chi connectivity index (χ0) is 13.2. The number of nitrogens with one attached hydrogen (secondary N) is 1. The van der Waals surface area contributed by atoms with Crippen LogP contribution < -0.4 is 5.32 Å². The van der Waals surface area contributed by atoms with E-state index in [0.717, 1.165) is 6.07 Å². The van der Waals surface area contributed by atoms with Gasteiger partial charge < -0.3 is 10.4 Å². The molecule has 0 saturated heterocycles. The largest absolute Gasteiger partial charge is 0.478 e. The number of anilines is 1. The number of benzene rings is 1. The van der Waals surface area contributed by atoms with Crippen molar-refractivity contribution in [3.63, 3.8) is 0 Å². The highest BCUT2D eigenvalue weighted by molar-refractivity contribution is 5.96. The Bertz CT molecular complexity index is 470. The molecule has 4 nitrogen and oxygen atoms in total. The van der Waals surface area contributed by atoms with Crippen LogP contribution in [-0.2, 0) is 4.79 Å². The number of aromatic carboxylic acids is 1. The van der Waals surface area contributed by atoms with E-state index in [1.807, 2.05) is 0 Å². The van der Waals surface area contributed by atoms with Crippen LogP contribution in [0.15, 0.2) is 18.2 Å². The van der Waals surface area contributed by atoms with Gasteiger partial charge >= 0.3 is 18.1 Å². The number of rotatable bonds is 2. The summed E-state index contributed by atoms with van der Waals surface area (Å²) in [5.41, 5.74) is -1.28. The molecule has 1 aromatic carbocycles. The number of alkyl halides is 3. The summed E-state index contributed by atoms with van der Waals surface area (Å²) in [6.07, 6.45) is -5.17. The van der Waals surface area contributed by atoms with Gasteiger partial charge in [-0.3, -0.25) is 4.79 Å². The number of hydrogen-bond donors (Lipinski definition) is 2. The van der Waals surface area contributed by atoms with Gasteiger partial charge in [0.05, 0.1) is 11.3 Å². The Morgan fingerprint density at radius 3 is 2.29 bits per heavy atom. The van der Waals surface area contributed by atoms with E-state index in [-0.39, 0.29) is 0 Å². The first kappa shape index (κ1) is 12.9. The molecule has 0 aromatic heterocycles. The first-order chi connectivity index (χ1) is 7.71. The monoisotopic (exact) mass is 251 g/mol. The molecule has 0 atom stereocenters. The standard InChI is InChI=1S/C9H5F4NO3/c10-5-2-1-4(7(15)16)3-6(5)14-8(17)9(11,12)13/h1-3H,(H,14,17)(H,15,16). The lowest BCUT2D eigenvalue weighted by molar-refractivity contribution is -0.167. The fourth-order valence-corrected chi connectivity index (χ4v) is 0.947. The number of amides is 1. The Morgan fingerprint density at radius 1 is 1.24 bits per heavy atom.